The van der Waals surface area contributed by atoms with E-state index < -0.39 is 10.8 Å². The molecule has 0 aliphatic carbocycles. The van der Waals surface area contributed by atoms with Crippen LogP contribution in [0, 0.1) is 10.1 Å². The fourth-order valence-electron chi connectivity index (χ4n) is 2.32. The second-order valence-corrected chi connectivity index (χ2v) is 5.31. The number of fused-ring (bicyclic) bond motifs is 1. The number of amides is 1. The fourth-order valence-corrected chi connectivity index (χ4v) is 2.51. The molecule has 0 unspecified atom stereocenters. The van der Waals surface area contributed by atoms with E-state index in [4.69, 9.17) is 11.6 Å². The Morgan fingerprint density at radius 3 is 2.57 bits per heavy atom. The highest BCUT2D eigenvalue weighted by atomic mass is 35.5. The van der Waals surface area contributed by atoms with Crippen LogP contribution >= 0.6 is 11.6 Å². The first kappa shape index (κ1) is 15.0. The summed E-state index contributed by atoms with van der Waals surface area (Å²) >= 11 is 5.76. The summed E-state index contributed by atoms with van der Waals surface area (Å²) in [5.41, 5.74) is 0.525. The third kappa shape index (κ3) is 3.00. The molecule has 114 valence electrons. The molecule has 0 fully saturated rings. The largest absolute Gasteiger partial charge is 0.321 e. The number of anilines is 1. The van der Waals surface area contributed by atoms with Crippen LogP contribution in [0.1, 0.15) is 10.4 Å². The molecule has 3 aromatic rings. The Labute approximate surface area is 136 Å². The van der Waals surface area contributed by atoms with E-state index in [1.165, 1.54) is 18.2 Å². The molecule has 0 heterocycles. The van der Waals surface area contributed by atoms with Gasteiger partial charge in [0.25, 0.3) is 11.6 Å². The van der Waals surface area contributed by atoms with Gasteiger partial charge in [0, 0.05) is 22.7 Å². The predicted molar refractivity (Wildman–Crippen MR) is 90.0 cm³/mol. The van der Waals surface area contributed by atoms with Gasteiger partial charge in [0.2, 0.25) is 0 Å². The lowest BCUT2D eigenvalue weighted by Gasteiger charge is -2.09. The molecule has 23 heavy (non-hydrogen) atoms. The maximum absolute atomic E-state index is 12.4. The molecule has 0 aromatic heterocycles. The summed E-state index contributed by atoms with van der Waals surface area (Å²) in [6, 6.07) is 17.2. The molecule has 5 nitrogen and oxygen atoms in total. The highest BCUT2D eigenvalue weighted by Gasteiger charge is 2.16. The number of carbonyl (C=O) groups excluding carboxylic acids is 1. The minimum atomic E-state index is -0.614. The summed E-state index contributed by atoms with van der Waals surface area (Å²) < 4.78 is 0. The summed E-state index contributed by atoms with van der Waals surface area (Å²) in [6.07, 6.45) is 0. The van der Waals surface area contributed by atoms with E-state index in [-0.39, 0.29) is 16.3 Å². The Bertz CT molecular complexity index is 919. The van der Waals surface area contributed by atoms with Gasteiger partial charge in [-0.3, -0.25) is 14.9 Å². The zero-order valence-corrected chi connectivity index (χ0v) is 12.6. The second kappa shape index (κ2) is 6.06. The van der Waals surface area contributed by atoms with Crippen LogP contribution < -0.4 is 5.32 Å². The first-order valence-electron chi connectivity index (χ1n) is 6.79. The number of halogens is 1. The summed E-state index contributed by atoms with van der Waals surface area (Å²) in [5.74, 6) is -0.430. The van der Waals surface area contributed by atoms with Crippen molar-refractivity contribution in [2.75, 3.05) is 5.32 Å². The van der Waals surface area contributed by atoms with Crippen LogP contribution in [-0.2, 0) is 0 Å². The molecular formula is C17H11ClN2O3. The zero-order valence-electron chi connectivity index (χ0n) is 11.8. The van der Waals surface area contributed by atoms with Crippen molar-refractivity contribution in [1.29, 1.82) is 0 Å². The summed E-state index contributed by atoms with van der Waals surface area (Å²) in [5, 5.41) is 15.6. The van der Waals surface area contributed by atoms with E-state index in [0.29, 0.717) is 5.69 Å². The molecule has 0 spiro atoms. The van der Waals surface area contributed by atoms with Crippen molar-refractivity contribution >= 4 is 39.7 Å². The van der Waals surface area contributed by atoms with Crippen molar-refractivity contribution in [2.45, 2.75) is 0 Å². The standard InChI is InChI=1S/C17H11ClN2O3/c18-14-9-8-12(10-16(14)20(22)23)17(21)19-15-7-3-5-11-4-1-2-6-13(11)15/h1-10H,(H,19,21). The number of nitrogens with zero attached hydrogens (tertiary/aromatic N) is 1. The van der Waals surface area contributed by atoms with Gasteiger partial charge in [-0.25, -0.2) is 0 Å². The van der Waals surface area contributed by atoms with Gasteiger partial charge in [-0.15, -0.1) is 0 Å². The number of benzene rings is 3. The van der Waals surface area contributed by atoms with Crippen LogP contribution in [0.2, 0.25) is 5.02 Å². The van der Waals surface area contributed by atoms with Crippen molar-refractivity contribution in [3.8, 4) is 0 Å². The van der Waals surface area contributed by atoms with Gasteiger partial charge < -0.3 is 5.32 Å². The van der Waals surface area contributed by atoms with E-state index in [9.17, 15) is 14.9 Å². The Morgan fingerprint density at radius 1 is 1.04 bits per heavy atom. The summed E-state index contributed by atoms with van der Waals surface area (Å²) in [6.45, 7) is 0. The Morgan fingerprint density at radius 2 is 1.78 bits per heavy atom. The van der Waals surface area contributed by atoms with Crippen LogP contribution in [0.25, 0.3) is 10.8 Å². The highest BCUT2D eigenvalue weighted by molar-refractivity contribution is 6.32. The van der Waals surface area contributed by atoms with Crippen molar-refractivity contribution in [1.82, 2.24) is 0 Å². The molecule has 6 heteroatoms. The van der Waals surface area contributed by atoms with Crippen LogP contribution in [0.5, 0.6) is 0 Å². The topological polar surface area (TPSA) is 72.2 Å². The van der Waals surface area contributed by atoms with Crippen LogP contribution in [0.3, 0.4) is 0 Å². The van der Waals surface area contributed by atoms with Gasteiger partial charge in [-0.05, 0) is 23.6 Å². The van der Waals surface area contributed by atoms with Crippen molar-refractivity contribution in [3.05, 3.63) is 81.4 Å². The highest BCUT2D eigenvalue weighted by Crippen LogP contribution is 2.27. The molecule has 0 radical (unpaired) electrons. The lowest BCUT2D eigenvalue weighted by atomic mass is 10.1. The van der Waals surface area contributed by atoms with Gasteiger partial charge in [-0.2, -0.15) is 0 Å². The predicted octanol–water partition coefficient (Wildman–Crippen LogP) is 4.65. The number of hydrogen-bond acceptors (Lipinski definition) is 3. The van der Waals surface area contributed by atoms with Crippen LogP contribution in [0.4, 0.5) is 11.4 Å². The van der Waals surface area contributed by atoms with Crippen molar-refractivity contribution in [2.24, 2.45) is 0 Å². The molecule has 1 N–H and O–H groups in total. The lowest BCUT2D eigenvalue weighted by molar-refractivity contribution is -0.384. The van der Waals surface area contributed by atoms with Gasteiger partial charge in [-0.1, -0.05) is 48.0 Å². The van der Waals surface area contributed by atoms with Gasteiger partial charge in [0.05, 0.1) is 4.92 Å². The number of hydrogen-bond donors (Lipinski definition) is 1. The van der Waals surface area contributed by atoms with E-state index in [2.05, 4.69) is 5.32 Å². The first-order valence-corrected chi connectivity index (χ1v) is 7.17. The minimum absolute atomic E-state index is 0.00305. The molecule has 1 amide bonds. The maximum Gasteiger partial charge on any atom is 0.288 e. The normalized spacial score (nSPS) is 10.5. The molecule has 0 saturated carbocycles. The molecular weight excluding hydrogens is 316 g/mol. The van der Waals surface area contributed by atoms with Gasteiger partial charge >= 0.3 is 0 Å². The average Bonchev–Trinajstić information content (AvgIpc) is 2.55. The van der Waals surface area contributed by atoms with E-state index in [1.807, 2.05) is 36.4 Å². The van der Waals surface area contributed by atoms with Crippen LogP contribution in [0.15, 0.2) is 60.7 Å². The molecule has 0 atom stereocenters. The molecule has 0 saturated heterocycles. The van der Waals surface area contributed by atoms with E-state index in [1.54, 1.807) is 6.07 Å². The fraction of sp³-hybridized carbons (Fsp3) is 0. The number of nitro benzene ring substituents is 1. The monoisotopic (exact) mass is 326 g/mol. The SMILES string of the molecule is O=C(Nc1cccc2ccccc12)c1ccc(Cl)c([N+](=O)[O-])c1. The van der Waals surface area contributed by atoms with Crippen molar-refractivity contribution in [3.63, 3.8) is 0 Å². The minimum Gasteiger partial charge on any atom is -0.321 e. The molecule has 0 aliphatic heterocycles. The number of nitrogens with one attached hydrogen (secondary N) is 1. The zero-order chi connectivity index (χ0) is 16.4. The molecule has 3 aromatic carbocycles. The average molecular weight is 327 g/mol. The van der Waals surface area contributed by atoms with Crippen LogP contribution in [-0.4, -0.2) is 10.8 Å². The second-order valence-electron chi connectivity index (χ2n) is 4.90. The smallest absolute Gasteiger partial charge is 0.288 e. The molecule has 0 aliphatic rings. The maximum atomic E-state index is 12.4. The van der Waals surface area contributed by atoms with Gasteiger partial charge in [0.1, 0.15) is 5.02 Å². The molecule has 3 rings (SSSR count). The summed E-state index contributed by atoms with van der Waals surface area (Å²) in [4.78, 5) is 22.7. The number of rotatable bonds is 3. The summed E-state index contributed by atoms with van der Waals surface area (Å²) in [7, 11) is 0. The van der Waals surface area contributed by atoms with E-state index in [0.717, 1.165) is 10.8 Å². The number of carbonyl (C=O) groups is 1. The number of nitro groups is 1. The lowest BCUT2D eigenvalue weighted by Crippen LogP contribution is -2.12. The third-order valence-electron chi connectivity index (χ3n) is 3.44. The van der Waals surface area contributed by atoms with Crippen molar-refractivity contribution < 1.29 is 9.72 Å². The van der Waals surface area contributed by atoms with E-state index >= 15 is 0 Å². The Hall–Kier alpha value is -2.92. The molecule has 0 bridgehead atoms. The first-order chi connectivity index (χ1) is 11.1. The Balaban J connectivity index is 1.95. The third-order valence-corrected chi connectivity index (χ3v) is 3.76. The van der Waals surface area contributed by atoms with Gasteiger partial charge in [0.15, 0.2) is 0 Å². The Kier molecular flexibility index (Phi) is 3.95. The quantitative estimate of drug-likeness (QED) is 0.562.